The summed E-state index contributed by atoms with van der Waals surface area (Å²) in [5.41, 5.74) is 2.61. The third-order valence-corrected chi connectivity index (χ3v) is 5.92. The molecule has 8 heteroatoms. The van der Waals surface area contributed by atoms with Gasteiger partial charge in [0.15, 0.2) is 0 Å². The van der Waals surface area contributed by atoms with Gasteiger partial charge in [-0.05, 0) is 49.2 Å². The predicted octanol–water partition coefficient (Wildman–Crippen LogP) is 2.63. The Morgan fingerprint density at radius 2 is 1.96 bits per heavy atom. The molecule has 2 heterocycles. The van der Waals surface area contributed by atoms with Gasteiger partial charge in [-0.1, -0.05) is 6.07 Å². The molecule has 0 amide bonds. The highest BCUT2D eigenvalue weighted by atomic mass is 32.2. The van der Waals surface area contributed by atoms with E-state index in [1.54, 1.807) is 44.4 Å². The van der Waals surface area contributed by atoms with Crippen molar-refractivity contribution in [2.24, 2.45) is 0 Å². The maximum absolute atomic E-state index is 12.9. The summed E-state index contributed by atoms with van der Waals surface area (Å²) >= 11 is 0. The van der Waals surface area contributed by atoms with Gasteiger partial charge in [0.05, 0.1) is 16.3 Å². The van der Waals surface area contributed by atoms with Gasteiger partial charge in [-0.25, -0.2) is 17.4 Å². The number of anilines is 1. The van der Waals surface area contributed by atoms with E-state index in [0.29, 0.717) is 23.1 Å². The molecular weight excluding hydrogens is 338 g/mol. The van der Waals surface area contributed by atoms with Crippen LogP contribution in [-0.4, -0.2) is 33.8 Å². The first-order valence-corrected chi connectivity index (χ1v) is 9.34. The molecule has 130 valence electrons. The summed E-state index contributed by atoms with van der Waals surface area (Å²) in [6.45, 7) is 3.69. The van der Waals surface area contributed by atoms with E-state index in [4.69, 9.17) is 5.41 Å². The third kappa shape index (κ3) is 3.25. The Morgan fingerprint density at radius 1 is 1.24 bits per heavy atom. The maximum Gasteiger partial charge on any atom is 0.244 e. The van der Waals surface area contributed by atoms with Gasteiger partial charge in [-0.2, -0.15) is 0 Å². The van der Waals surface area contributed by atoms with Gasteiger partial charge in [0, 0.05) is 25.2 Å². The number of imidazole rings is 1. The molecule has 0 saturated heterocycles. The van der Waals surface area contributed by atoms with E-state index in [9.17, 15) is 8.42 Å². The Labute approximate surface area is 146 Å². The molecule has 0 atom stereocenters. The van der Waals surface area contributed by atoms with Crippen LogP contribution >= 0.6 is 0 Å². The zero-order valence-corrected chi connectivity index (χ0v) is 14.8. The molecule has 25 heavy (non-hydrogen) atoms. The molecule has 0 aliphatic rings. The number of nitrogens with one attached hydrogen (secondary N) is 2. The average Bonchev–Trinajstić information content (AvgIpc) is 2.98. The van der Waals surface area contributed by atoms with Crippen LogP contribution in [0.1, 0.15) is 25.0 Å². The summed E-state index contributed by atoms with van der Waals surface area (Å²) < 4.78 is 26.9. The summed E-state index contributed by atoms with van der Waals surface area (Å²) in [6.07, 6.45) is 4.55. The first kappa shape index (κ1) is 17.1. The van der Waals surface area contributed by atoms with E-state index in [1.807, 2.05) is 12.1 Å². The van der Waals surface area contributed by atoms with Crippen LogP contribution < -0.4 is 5.32 Å². The van der Waals surface area contributed by atoms with Gasteiger partial charge in [-0.3, -0.25) is 4.98 Å². The van der Waals surface area contributed by atoms with Crippen molar-refractivity contribution in [1.82, 2.24) is 13.9 Å². The minimum absolute atomic E-state index is 0.266. The first-order valence-electron chi connectivity index (χ1n) is 7.83. The Kier molecular flexibility index (Phi) is 4.54. The van der Waals surface area contributed by atoms with Crippen LogP contribution in [-0.2, 0) is 16.6 Å². The number of hydrogen-bond acceptors (Lipinski definition) is 6. The van der Waals surface area contributed by atoms with E-state index in [-0.39, 0.29) is 5.95 Å². The van der Waals surface area contributed by atoms with E-state index < -0.39 is 15.3 Å². The minimum atomic E-state index is -3.62. The van der Waals surface area contributed by atoms with Crippen LogP contribution in [0.5, 0.6) is 0 Å². The average molecular weight is 357 g/mol. The van der Waals surface area contributed by atoms with E-state index in [0.717, 1.165) is 5.56 Å². The fourth-order valence-electron chi connectivity index (χ4n) is 2.42. The van der Waals surface area contributed by atoms with E-state index in [1.165, 1.54) is 10.2 Å². The number of pyridine rings is 1. The second-order valence-electron chi connectivity index (χ2n) is 5.90. The number of nitrogens with zero attached hydrogens (tertiary/aromatic N) is 3. The summed E-state index contributed by atoms with van der Waals surface area (Å²) in [6, 6.07) is 8.82. The van der Waals surface area contributed by atoms with Crippen molar-refractivity contribution in [3.05, 3.63) is 53.9 Å². The highest BCUT2D eigenvalue weighted by Gasteiger charge is 2.25. The lowest BCUT2D eigenvalue weighted by Crippen LogP contribution is -2.24. The van der Waals surface area contributed by atoms with Gasteiger partial charge in [-0.15, -0.1) is 0 Å². The van der Waals surface area contributed by atoms with Crippen LogP contribution in [0.15, 0.2) is 42.7 Å². The maximum atomic E-state index is 12.9. The molecule has 1 aromatic carbocycles. The first-order chi connectivity index (χ1) is 11.9. The molecule has 0 aliphatic heterocycles. The smallest absolute Gasteiger partial charge is 0.244 e. The number of benzene rings is 1. The van der Waals surface area contributed by atoms with Crippen LogP contribution in [0, 0.1) is 5.41 Å². The molecule has 0 spiro atoms. The van der Waals surface area contributed by atoms with Crippen molar-refractivity contribution >= 4 is 33.2 Å². The van der Waals surface area contributed by atoms with Gasteiger partial charge in [0.2, 0.25) is 16.0 Å². The number of hydrogen-bond donors (Lipinski definition) is 2. The molecule has 3 rings (SSSR count). The van der Waals surface area contributed by atoms with Crippen LogP contribution in [0.3, 0.4) is 0 Å². The molecule has 7 nitrogen and oxygen atoms in total. The summed E-state index contributed by atoms with van der Waals surface area (Å²) in [4.78, 5) is 8.40. The van der Waals surface area contributed by atoms with Gasteiger partial charge >= 0.3 is 0 Å². The summed E-state index contributed by atoms with van der Waals surface area (Å²) in [7, 11) is -3.62. The fourth-order valence-corrected chi connectivity index (χ4v) is 3.61. The largest absolute Gasteiger partial charge is 0.351 e. The number of fused-ring (bicyclic) bond motifs is 1. The molecule has 2 N–H and O–H groups in total. The predicted molar refractivity (Wildman–Crippen MR) is 98.6 cm³/mol. The SMILES string of the molecule is CC(C)S(=O)(=O)n1c(NCc2ccncc2)nc2ccc(C=N)cc21. The normalized spacial score (nSPS) is 11.8. The van der Waals surface area contributed by atoms with Gasteiger partial charge in [0.1, 0.15) is 0 Å². The van der Waals surface area contributed by atoms with Crippen molar-refractivity contribution in [3.8, 4) is 0 Å². The zero-order chi connectivity index (χ0) is 18.0. The molecule has 3 aromatic rings. The second-order valence-corrected chi connectivity index (χ2v) is 8.23. The molecule has 0 fully saturated rings. The van der Waals surface area contributed by atoms with Gasteiger partial charge in [0.25, 0.3) is 0 Å². The standard InChI is InChI=1S/C17H19N5O2S/c1-12(2)25(23,24)22-16-9-14(10-18)3-4-15(16)21-17(22)20-11-13-5-7-19-8-6-13/h3-10,12,18H,11H2,1-2H3,(H,20,21). The highest BCUT2D eigenvalue weighted by Crippen LogP contribution is 2.25. The second kappa shape index (κ2) is 6.64. The zero-order valence-electron chi connectivity index (χ0n) is 14.0. The summed E-state index contributed by atoms with van der Waals surface area (Å²) in [5, 5.41) is 9.91. The molecule has 0 unspecified atom stereocenters. The molecule has 0 radical (unpaired) electrons. The Hall–Kier alpha value is -2.74. The van der Waals surface area contributed by atoms with Crippen LogP contribution in [0.25, 0.3) is 11.0 Å². The quantitative estimate of drug-likeness (QED) is 0.661. The Bertz CT molecular complexity index is 1010. The molecule has 2 aromatic heterocycles. The third-order valence-electron chi connectivity index (χ3n) is 3.85. The molecule has 0 saturated carbocycles. The van der Waals surface area contributed by atoms with E-state index in [2.05, 4.69) is 15.3 Å². The molecule has 0 aliphatic carbocycles. The molecular formula is C17H19N5O2S. The van der Waals surface area contributed by atoms with Crippen molar-refractivity contribution in [2.45, 2.75) is 25.6 Å². The minimum Gasteiger partial charge on any atom is -0.351 e. The monoisotopic (exact) mass is 357 g/mol. The van der Waals surface area contributed by atoms with Crippen molar-refractivity contribution in [3.63, 3.8) is 0 Å². The number of rotatable bonds is 6. The summed E-state index contributed by atoms with van der Waals surface area (Å²) in [5.74, 6) is 0.266. The lowest BCUT2D eigenvalue weighted by Gasteiger charge is -2.14. The molecule has 0 bridgehead atoms. The topological polar surface area (TPSA) is 101 Å². The van der Waals surface area contributed by atoms with Crippen molar-refractivity contribution in [2.75, 3.05) is 5.32 Å². The van der Waals surface area contributed by atoms with Gasteiger partial charge < -0.3 is 10.7 Å². The van der Waals surface area contributed by atoms with Crippen LogP contribution in [0.4, 0.5) is 5.95 Å². The highest BCUT2D eigenvalue weighted by molar-refractivity contribution is 7.90. The van der Waals surface area contributed by atoms with E-state index >= 15 is 0 Å². The lowest BCUT2D eigenvalue weighted by atomic mass is 10.2. The number of aromatic nitrogens is 3. The van der Waals surface area contributed by atoms with Crippen molar-refractivity contribution < 1.29 is 8.42 Å². The lowest BCUT2D eigenvalue weighted by molar-refractivity contribution is 0.580. The fraction of sp³-hybridized carbons (Fsp3) is 0.235. The Morgan fingerprint density at radius 3 is 2.60 bits per heavy atom. The van der Waals surface area contributed by atoms with Crippen LogP contribution in [0.2, 0.25) is 0 Å². The van der Waals surface area contributed by atoms with Crippen molar-refractivity contribution in [1.29, 1.82) is 5.41 Å². The Balaban J connectivity index is 2.12.